The number of rotatable bonds is 4. The molecule has 2 aromatic rings. The molecular formula is C17H20ClN. The van der Waals surface area contributed by atoms with Gasteiger partial charge in [-0.3, -0.25) is 0 Å². The lowest BCUT2D eigenvalue weighted by Gasteiger charge is -2.15. The van der Waals surface area contributed by atoms with Gasteiger partial charge in [0.05, 0.1) is 0 Å². The van der Waals surface area contributed by atoms with Crippen LogP contribution in [0.25, 0.3) is 11.1 Å². The van der Waals surface area contributed by atoms with E-state index < -0.39 is 0 Å². The summed E-state index contributed by atoms with van der Waals surface area (Å²) in [7, 11) is 0. The molecule has 1 N–H and O–H groups in total. The molecule has 0 fully saturated rings. The van der Waals surface area contributed by atoms with Crippen LogP contribution in [-0.2, 0) is 0 Å². The molecule has 0 saturated heterocycles. The molecule has 1 unspecified atom stereocenters. The molecule has 1 nitrogen and oxygen atoms in total. The van der Waals surface area contributed by atoms with Gasteiger partial charge in [0.25, 0.3) is 0 Å². The highest BCUT2D eigenvalue weighted by atomic mass is 35.5. The van der Waals surface area contributed by atoms with Crippen molar-refractivity contribution in [3.05, 3.63) is 58.6 Å². The Bertz CT molecular complexity index is 546. The topological polar surface area (TPSA) is 12.0 Å². The van der Waals surface area contributed by atoms with E-state index in [-0.39, 0.29) is 6.04 Å². The van der Waals surface area contributed by atoms with E-state index in [1.165, 1.54) is 11.1 Å². The molecule has 0 aliphatic heterocycles. The Morgan fingerprint density at radius 3 is 2.26 bits per heavy atom. The number of aryl methyl sites for hydroxylation is 1. The first-order valence-electron chi connectivity index (χ1n) is 6.71. The van der Waals surface area contributed by atoms with E-state index in [2.05, 4.69) is 68.6 Å². The summed E-state index contributed by atoms with van der Waals surface area (Å²) >= 11 is 6.40. The fraction of sp³-hybridized carbons (Fsp3) is 0.294. The van der Waals surface area contributed by atoms with Crippen molar-refractivity contribution in [2.24, 2.45) is 0 Å². The fourth-order valence-corrected chi connectivity index (χ4v) is 2.56. The van der Waals surface area contributed by atoms with Crippen LogP contribution in [0.5, 0.6) is 0 Å². The van der Waals surface area contributed by atoms with E-state index in [0.29, 0.717) is 0 Å². The van der Waals surface area contributed by atoms with Gasteiger partial charge in [-0.25, -0.2) is 0 Å². The van der Waals surface area contributed by atoms with Crippen molar-refractivity contribution >= 4 is 11.6 Å². The maximum atomic E-state index is 6.40. The highest BCUT2D eigenvalue weighted by Gasteiger charge is 2.09. The Labute approximate surface area is 120 Å². The summed E-state index contributed by atoms with van der Waals surface area (Å²) in [6, 6.07) is 15.1. The van der Waals surface area contributed by atoms with Crippen LogP contribution in [0.4, 0.5) is 0 Å². The van der Waals surface area contributed by atoms with Crippen molar-refractivity contribution in [3.8, 4) is 11.1 Å². The van der Waals surface area contributed by atoms with Gasteiger partial charge in [0.1, 0.15) is 0 Å². The van der Waals surface area contributed by atoms with Crippen LogP contribution in [0.3, 0.4) is 0 Å². The minimum Gasteiger partial charge on any atom is -0.310 e. The molecule has 0 aliphatic carbocycles. The molecule has 2 rings (SSSR count). The number of hydrogen-bond donors (Lipinski definition) is 1. The van der Waals surface area contributed by atoms with Crippen molar-refractivity contribution in [1.82, 2.24) is 5.32 Å². The molecule has 0 amide bonds. The van der Waals surface area contributed by atoms with Gasteiger partial charge in [-0.1, -0.05) is 60.5 Å². The second-order valence-electron chi connectivity index (χ2n) is 4.88. The second kappa shape index (κ2) is 6.23. The summed E-state index contributed by atoms with van der Waals surface area (Å²) in [4.78, 5) is 0. The Hall–Kier alpha value is -1.31. The summed E-state index contributed by atoms with van der Waals surface area (Å²) < 4.78 is 0. The van der Waals surface area contributed by atoms with Gasteiger partial charge in [-0.05, 0) is 43.1 Å². The molecular weight excluding hydrogens is 254 g/mol. The van der Waals surface area contributed by atoms with Crippen LogP contribution in [0, 0.1) is 6.92 Å². The largest absolute Gasteiger partial charge is 0.310 e. The zero-order chi connectivity index (χ0) is 13.8. The van der Waals surface area contributed by atoms with Crippen molar-refractivity contribution in [2.45, 2.75) is 26.8 Å². The van der Waals surface area contributed by atoms with Crippen LogP contribution in [0.1, 0.15) is 31.0 Å². The van der Waals surface area contributed by atoms with Crippen LogP contribution in [-0.4, -0.2) is 6.54 Å². The number of nitrogens with one attached hydrogen (secondary N) is 1. The third-order valence-electron chi connectivity index (χ3n) is 3.36. The number of benzene rings is 2. The van der Waals surface area contributed by atoms with E-state index in [1.54, 1.807) is 0 Å². The monoisotopic (exact) mass is 273 g/mol. The molecule has 0 heterocycles. The minimum atomic E-state index is 0.282. The quantitative estimate of drug-likeness (QED) is 0.828. The standard InChI is InChI=1S/C17H20ClN/c1-4-19-13(3)16-10-9-15(11-17(16)18)14-7-5-12(2)6-8-14/h5-11,13,19H,4H2,1-3H3. The van der Waals surface area contributed by atoms with Gasteiger partial charge in [-0.2, -0.15) is 0 Å². The van der Waals surface area contributed by atoms with Gasteiger partial charge >= 0.3 is 0 Å². The average Bonchev–Trinajstić information content (AvgIpc) is 2.39. The summed E-state index contributed by atoms with van der Waals surface area (Å²) in [5, 5.41) is 4.21. The van der Waals surface area contributed by atoms with Gasteiger partial charge in [0.15, 0.2) is 0 Å². The van der Waals surface area contributed by atoms with Crippen LogP contribution in [0.15, 0.2) is 42.5 Å². The first-order valence-corrected chi connectivity index (χ1v) is 7.09. The van der Waals surface area contributed by atoms with E-state index in [4.69, 9.17) is 11.6 Å². The summed E-state index contributed by atoms with van der Waals surface area (Å²) in [6.07, 6.45) is 0. The average molecular weight is 274 g/mol. The van der Waals surface area contributed by atoms with Crippen molar-refractivity contribution < 1.29 is 0 Å². The molecule has 0 saturated carbocycles. The maximum Gasteiger partial charge on any atom is 0.0459 e. The van der Waals surface area contributed by atoms with E-state index in [1.807, 2.05) is 0 Å². The Balaban J connectivity index is 2.30. The fourth-order valence-electron chi connectivity index (χ4n) is 2.22. The Kier molecular flexibility index (Phi) is 4.62. The molecule has 0 aromatic heterocycles. The zero-order valence-electron chi connectivity index (χ0n) is 11.7. The minimum absolute atomic E-state index is 0.282. The summed E-state index contributed by atoms with van der Waals surface area (Å²) in [5.41, 5.74) is 4.79. The van der Waals surface area contributed by atoms with Gasteiger partial charge in [0.2, 0.25) is 0 Å². The molecule has 100 valence electrons. The first-order chi connectivity index (χ1) is 9.11. The third-order valence-corrected chi connectivity index (χ3v) is 3.69. The SMILES string of the molecule is CCNC(C)c1ccc(-c2ccc(C)cc2)cc1Cl. The molecule has 0 spiro atoms. The van der Waals surface area contributed by atoms with E-state index in [9.17, 15) is 0 Å². The molecule has 2 heteroatoms. The second-order valence-corrected chi connectivity index (χ2v) is 5.29. The lowest BCUT2D eigenvalue weighted by Crippen LogP contribution is -2.17. The predicted octanol–water partition coefficient (Wildman–Crippen LogP) is 4.99. The number of hydrogen-bond acceptors (Lipinski definition) is 1. The lowest BCUT2D eigenvalue weighted by atomic mass is 10.0. The third kappa shape index (κ3) is 3.37. The zero-order valence-corrected chi connectivity index (χ0v) is 12.5. The van der Waals surface area contributed by atoms with E-state index in [0.717, 1.165) is 22.7 Å². The lowest BCUT2D eigenvalue weighted by molar-refractivity contribution is 0.598. The predicted molar refractivity (Wildman–Crippen MR) is 83.7 cm³/mol. The van der Waals surface area contributed by atoms with Crippen LogP contribution in [0.2, 0.25) is 5.02 Å². The molecule has 0 aliphatic rings. The normalized spacial score (nSPS) is 12.4. The highest BCUT2D eigenvalue weighted by molar-refractivity contribution is 6.31. The first kappa shape index (κ1) is 14.1. The van der Waals surface area contributed by atoms with Gasteiger partial charge in [-0.15, -0.1) is 0 Å². The molecule has 1 atom stereocenters. The Morgan fingerprint density at radius 1 is 1.05 bits per heavy atom. The van der Waals surface area contributed by atoms with Crippen molar-refractivity contribution in [3.63, 3.8) is 0 Å². The molecule has 0 bridgehead atoms. The highest BCUT2D eigenvalue weighted by Crippen LogP contribution is 2.29. The van der Waals surface area contributed by atoms with Gasteiger partial charge in [0, 0.05) is 11.1 Å². The van der Waals surface area contributed by atoms with Crippen molar-refractivity contribution in [1.29, 1.82) is 0 Å². The number of halogens is 1. The molecule has 0 radical (unpaired) electrons. The van der Waals surface area contributed by atoms with Crippen LogP contribution < -0.4 is 5.32 Å². The smallest absolute Gasteiger partial charge is 0.0459 e. The Morgan fingerprint density at radius 2 is 1.68 bits per heavy atom. The van der Waals surface area contributed by atoms with Crippen molar-refractivity contribution in [2.75, 3.05) is 6.54 Å². The molecule has 19 heavy (non-hydrogen) atoms. The summed E-state index contributed by atoms with van der Waals surface area (Å²) in [6.45, 7) is 7.27. The molecule has 2 aromatic carbocycles. The maximum absolute atomic E-state index is 6.40. The van der Waals surface area contributed by atoms with Crippen LogP contribution >= 0.6 is 11.6 Å². The van der Waals surface area contributed by atoms with Gasteiger partial charge < -0.3 is 5.32 Å². The summed E-state index contributed by atoms with van der Waals surface area (Å²) in [5.74, 6) is 0. The van der Waals surface area contributed by atoms with E-state index >= 15 is 0 Å².